The predicted molar refractivity (Wildman–Crippen MR) is 133 cm³/mol. The highest BCUT2D eigenvalue weighted by molar-refractivity contribution is 6.26. The van der Waals surface area contributed by atoms with Crippen LogP contribution in [0.5, 0.6) is 17.2 Å². The molecule has 0 saturated heterocycles. The second-order valence-corrected chi connectivity index (χ2v) is 9.54. The van der Waals surface area contributed by atoms with Crippen LogP contribution in [0.1, 0.15) is 69.0 Å². The molecule has 3 N–H and O–H groups in total. The van der Waals surface area contributed by atoms with E-state index in [0.717, 1.165) is 6.08 Å². The van der Waals surface area contributed by atoms with E-state index in [0.29, 0.717) is 27.8 Å². The molecule has 1 aromatic heterocycles. The molecule has 0 amide bonds. The van der Waals surface area contributed by atoms with Gasteiger partial charge in [-0.1, -0.05) is 6.92 Å². The Balaban J connectivity index is 1.62. The van der Waals surface area contributed by atoms with Gasteiger partial charge < -0.3 is 29.2 Å². The number of phenols is 2. The van der Waals surface area contributed by atoms with Gasteiger partial charge in [0.2, 0.25) is 0 Å². The molecule has 0 radical (unpaired) electrons. The molecule has 5 rings (SSSR count). The Morgan fingerprint density at radius 2 is 1.81 bits per heavy atom. The maximum Gasteiger partial charge on any atom is 0.343 e. The third-order valence-electron chi connectivity index (χ3n) is 7.28. The molecule has 0 aliphatic heterocycles. The van der Waals surface area contributed by atoms with Crippen LogP contribution in [0.15, 0.2) is 39.1 Å². The van der Waals surface area contributed by atoms with Crippen LogP contribution in [0.4, 0.5) is 0 Å². The number of carbonyl (C=O) groups is 2. The van der Waals surface area contributed by atoms with Crippen LogP contribution >= 0.6 is 0 Å². The van der Waals surface area contributed by atoms with E-state index in [1.54, 1.807) is 26.0 Å². The van der Waals surface area contributed by atoms with Crippen molar-refractivity contribution < 1.29 is 38.8 Å². The molecule has 9 nitrogen and oxygen atoms in total. The molecular weight excluding hydrogens is 480 g/mol. The van der Waals surface area contributed by atoms with Crippen LogP contribution in [-0.4, -0.2) is 46.7 Å². The van der Waals surface area contributed by atoms with E-state index in [2.05, 4.69) is 0 Å². The van der Waals surface area contributed by atoms with E-state index in [1.807, 2.05) is 0 Å². The van der Waals surface area contributed by atoms with Gasteiger partial charge >= 0.3 is 5.63 Å². The lowest BCUT2D eigenvalue weighted by Gasteiger charge is -2.24. The zero-order valence-electron chi connectivity index (χ0n) is 20.7. The smallest absolute Gasteiger partial charge is 0.343 e. The Labute approximate surface area is 211 Å². The number of fused-ring (bicyclic) bond motifs is 3. The molecule has 2 aliphatic rings. The van der Waals surface area contributed by atoms with Crippen LogP contribution in [0.25, 0.3) is 10.8 Å². The normalized spacial score (nSPS) is 19.5. The number of rotatable bonds is 5. The van der Waals surface area contributed by atoms with Crippen molar-refractivity contribution in [2.75, 3.05) is 13.7 Å². The van der Waals surface area contributed by atoms with Crippen molar-refractivity contribution >= 4 is 22.3 Å². The molecule has 2 aliphatic carbocycles. The largest absolute Gasteiger partial charge is 0.507 e. The second kappa shape index (κ2) is 8.86. The fourth-order valence-electron chi connectivity index (χ4n) is 5.37. The monoisotopic (exact) mass is 506 g/mol. The molecule has 0 saturated carbocycles. The number of phenolic OH excluding ortho intramolecular Hbond substituents is 2. The molecule has 9 heteroatoms. The lowest BCUT2D eigenvalue weighted by Crippen LogP contribution is -2.22. The van der Waals surface area contributed by atoms with Crippen LogP contribution in [0, 0.1) is 6.92 Å². The summed E-state index contributed by atoms with van der Waals surface area (Å²) in [5, 5.41) is 32.9. The van der Waals surface area contributed by atoms with E-state index in [-0.39, 0.29) is 52.4 Å². The van der Waals surface area contributed by atoms with Crippen LogP contribution in [-0.2, 0) is 11.2 Å². The predicted octanol–water partition coefficient (Wildman–Crippen LogP) is 3.62. The van der Waals surface area contributed by atoms with Crippen molar-refractivity contribution in [2.45, 2.75) is 45.3 Å². The number of aromatic hydroxyl groups is 2. The highest BCUT2D eigenvalue weighted by atomic mass is 16.5. The summed E-state index contributed by atoms with van der Waals surface area (Å²) < 4.78 is 17.0. The minimum Gasteiger partial charge on any atom is -0.507 e. The summed E-state index contributed by atoms with van der Waals surface area (Å²) in [5.74, 6) is -1.55. The van der Waals surface area contributed by atoms with Crippen molar-refractivity contribution in [3.8, 4) is 17.2 Å². The average Bonchev–Trinajstić information content (AvgIpc) is 3.17. The standard InChI is InChI=1S/C28H26O9/c1-11-5-18(30)23-24(25(11)31)26(32)17-9-19(13(3)22(17)27(23)33)37-20-8-15-14(6-12(2)36-28(15)34)7-16(20)21(10-29)35-4/h5-8,13,19,21,29,32-33H,9-10H2,1-4H3/t13?,19-,21?/m1/s1. The Bertz CT molecular complexity index is 1570. The summed E-state index contributed by atoms with van der Waals surface area (Å²) in [6, 6.07) is 4.93. The Morgan fingerprint density at radius 3 is 2.49 bits per heavy atom. The van der Waals surface area contributed by atoms with Crippen LogP contribution in [0.2, 0.25) is 0 Å². The topological polar surface area (TPSA) is 144 Å². The first-order valence-electron chi connectivity index (χ1n) is 11.8. The van der Waals surface area contributed by atoms with Crippen molar-refractivity contribution in [3.05, 3.63) is 73.8 Å². The number of ether oxygens (including phenoxy) is 2. The molecule has 3 aromatic rings. The van der Waals surface area contributed by atoms with Gasteiger partial charge in [-0.05, 0) is 43.5 Å². The molecule has 2 unspecified atom stereocenters. The van der Waals surface area contributed by atoms with Gasteiger partial charge in [-0.2, -0.15) is 0 Å². The molecule has 0 spiro atoms. The molecule has 0 fully saturated rings. The summed E-state index contributed by atoms with van der Waals surface area (Å²) in [4.78, 5) is 37.9. The summed E-state index contributed by atoms with van der Waals surface area (Å²) >= 11 is 0. The Morgan fingerprint density at radius 1 is 1.08 bits per heavy atom. The summed E-state index contributed by atoms with van der Waals surface area (Å²) in [6.07, 6.45) is -0.105. The third kappa shape index (κ3) is 3.73. The fraction of sp³-hybridized carbons (Fsp3) is 0.321. The van der Waals surface area contributed by atoms with Crippen LogP contribution in [0.3, 0.4) is 0 Å². The number of hydrogen-bond acceptors (Lipinski definition) is 9. The Hall–Kier alpha value is -3.95. The first-order chi connectivity index (χ1) is 17.6. The lowest BCUT2D eigenvalue weighted by atomic mass is 9.84. The van der Waals surface area contributed by atoms with Gasteiger partial charge in [0.15, 0.2) is 11.6 Å². The van der Waals surface area contributed by atoms with Gasteiger partial charge in [0.1, 0.15) is 35.2 Å². The number of hydrogen-bond donors (Lipinski definition) is 3. The number of aryl methyl sites for hydroxylation is 1. The van der Waals surface area contributed by atoms with Crippen molar-refractivity contribution in [1.82, 2.24) is 0 Å². The zero-order valence-corrected chi connectivity index (χ0v) is 20.7. The number of aliphatic hydroxyl groups excluding tert-OH is 1. The van der Waals surface area contributed by atoms with Gasteiger partial charge in [0, 0.05) is 41.7 Å². The van der Waals surface area contributed by atoms with E-state index >= 15 is 0 Å². The van der Waals surface area contributed by atoms with E-state index in [9.17, 15) is 29.7 Å². The second-order valence-electron chi connectivity index (χ2n) is 9.54. The van der Waals surface area contributed by atoms with Gasteiger partial charge in [0.05, 0.1) is 23.1 Å². The van der Waals surface area contributed by atoms with Gasteiger partial charge in [-0.15, -0.1) is 0 Å². The number of benzene rings is 2. The SMILES string of the molecule is COC(CO)c1cc2cc(C)oc(=O)c2cc1O[C@@H]1Cc2c(O)c3c(c(O)c2C1C)C(=O)C=C(C)C3=O. The summed E-state index contributed by atoms with van der Waals surface area (Å²) in [7, 11) is 1.44. The number of allylic oxidation sites excluding steroid dienone is 2. The zero-order chi connectivity index (χ0) is 26.8. The molecule has 2 aromatic carbocycles. The van der Waals surface area contributed by atoms with E-state index in [1.165, 1.54) is 20.1 Å². The van der Waals surface area contributed by atoms with E-state index in [4.69, 9.17) is 13.9 Å². The van der Waals surface area contributed by atoms with Gasteiger partial charge in [-0.25, -0.2) is 4.79 Å². The van der Waals surface area contributed by atoms with Crippen molar-refractivity contribution in [1.29, 1.82) is 0 Å². The van der Waals surface area contributed by atoms with Crippen molar-refractivity contribution in [2.24, 2.45) is 0 Å². The maximum absolute atomic E-state index is 12.8. The van der Waals surface area contributed by atoms with Crippen LogP contribution < -0.4 is 10.4 Å². The first kappa shape index (κ1) is 24.7. The minimum absolute atomic E-state index is 0.129. The number of carbonyl (C=O) groups excluding carboxylic acids is 2. The molecule has 3 atom stereocenters. The number of aliphatic hydroxyl groups is 1. The Kier molecular flexibility index (Phi) is 5.92. The molecule has 37 heavy (non-hydrogen) atoms. The van der Waals surface area contributed by atoms with Gasteiger partial charge in [0.25, 0.3) is 0 Å². The number of methoxy groups -OCH3 is 1. The maximum atomic E-state index is 12.8. The number of Topliss-reactive ketones (excluding diaryl/α,β-unsaturated/α-hetero) is 1. The average molecular weight is 507 g/mol. The molecule has 0 bridgehead atoms. The quantitative estimate of drug-likeness (QED) is 0.442. The highest BCUT2D eigenvalue weighted by Gasteiger charge is 2.42. The number of ketones is 2. The first-order valence-corrected chi connectivity index (χ1v) is 11.8. The van der Waals surface area contributed by atoms with E-state index < -0.39 is 35.3 Å². The van der Waals surface area contributed by atoms with Gasteiger partial charge in [-0.3, -0.25) is 9.59 Å². The highest BCUT2D eigenvalue weighted by Crippen LogP contribution is 2.50. The van der Waals surface area contributed by atoms with Crippen molar-refractivity contribution in [3.63, 3.8) is 0 Å². The molecule has 1 heterocycles. The molecule has 192 valence electrons. The fourth-order valence-corrected chi connectivity index (χ4v) is 5.37. The minimum atomic E-state index is -0.746. The molecular formula is C28H26O9. The lowest BCUT2D eigenvalue weighted by molar-refractivity contribution is 0.0448. The third-order valence-corrected chi connectivity index (χ3v) is 7.28. The summed E-state index contributed by atoms with van der Waals surface area (Å²) in [5.41, 5.74) is 0.381. The summed E-state index contributed by atoms with van der Waals surface area (Å²) in [6.45, 7) is 4.57.